The molecule has 1 aromatic heterocycles. The fourth-order valence-corrected chi connectivity index (χ4v) is 3.55. The highest BCUT2D eigenvalue weighted by Gasteiger charge is 2.17. The molecule has 0 spiro atoms. The van der Waals surface area contributed by atoms with Crippen molar-refractivity contribution in [2.45, 2.75) is 24.8 Å². The van der Waals surface area contributed by atoms with Gasteiger partial charge in [-0.05, 0) is 56.0 Å². The quantitative estimate of drug-likeness (QED) is 0.636. The fourth-order valence-electron chi connectivity index (χ4n) is 3.14. The third kappa shape index (κ3) is 4.07. The summed E-state index contributed by atoms with van der Waals surface area (Å²) in [4.78, 5) is 26.9. The minimum Gasteiger partial charge on any atom is -0.494 e. The number of fused-ring (bicyclic) bond motifs is 1. The molecule has 0 saturated carbocycles. The first-order chi connectivity index (χ1) is 13.4. The van der Waals surface area contributed by atoms with Crippen molar-refractivity contribution in [1.82, 2.24) is 9.88 Å². The zero-order valence-electron chi connectivity index (χ0n) is 16.5. The van der Waals surface area contributed by atoms with Crippen LogP contribution in [-0.4, -0.2) is 23.3 Å². The highest BCUT2D eigenvalue weighted by atomic mass is 32.2. The Bertz CT molecular complexity index is 1060. The molecule has 1 amide bonds. The number of nitrogens with one attached hydrogen (secondary N) is 1. The average Bonchev–Trinajstić information content (AvgIpc) is 2.70. The van der Waals surface area contributed by atoms with Crippen LogP contribution in [-0.2, 0) is 7.05 Å². The lowest BCUT2D eigenvalue weighted by Gasteiger charge is -2.16. The molecular weight excluding hydrogens is 372 g/mol. The number of rotatable bonds is 6. The molecule has 2 aromatic carbocycles. The molecule has 0 saturated heterocycles. The number of carbonyl (C=O) groups excluding carboxylic acids is 1. The van der Waals surface area contributed by atoms with Gasteiger partial charge in [-0.2, -0.15) is 0 Å². The van der Waals surface area contributed by atoms with E-state index in [1.54, 1.807) is 28.6 Å². The second kappa shape index (κ2) is 8.52. The van der Waals surface area contributed by atoms with Gasteiger partial charge in [-0.15, -0.1) is 11.8 Å². The van der Waals surface area contributed by atoms with Crippen LogP contribution in [0.2, 0.25) is 0 Å². The summed E-state index contributed by atoms with van der Waals surface area (Å²) < 4.78 is 7.29. The van der Waals surface area contributed by atoms with Crippen molar-refractivity contribution in [3.05, 3.63) is 70.0 Å². The van der Waals surface area contributed by atoms with Crippen LogP contribution in [0.25, 0.3) is 10.9 Å². The van der Waals surface area contributed by atoms with Gasteiger partial charge in [0.05, 0.1) is 23.6 Å². The number of benzene rings is 2. The van der Waals surface area contributed by atoms with Crippen LogP contribution in [0.4, 0.5) is 0 Å². The highest BCUT2D eigenvalue weighted by Crippen LogP contribution is 2.21. The van der Waals surface area contributed by atoms with Crippen molar-refractivity contribution in [3.8, 4) is 5.75 Å². The SMILES string of the molecule is CCOc1ccc2c(c1)c(=O)c(C(=O)N[C@H](C)c1ccc(SC)cc1)cn2C. The van der Waals surface area contributed by atoms with Crippen LogP contribution < -0.4 is 15.5 Å². The van der Waals surface area contributed by atoms with Gasteiger partial charge in [0.1, 0.15) is 11.3 Å². The molecule has 0 fully saturated rings. The molecule has 0 aliphatic heterocycles. The molecule has 0 bridgehead atoms. The molecule has 146 valence electrons. The van der Waals surface area contributed by atoms with Gasteiger partial charge in [0.25, 0.3) is 5.91 Å². The van der Waals surface area contributed by atoms with E-state index < -0.39 is 0 Å². The number of carbonyl (C=O) groups is 1. The molecule has 0 radical (unpaired) electrons. The lowest BCUT2D eigenvalue weighted by Crippen LogP contribution is -2.31. The van der Waals surface area contributed by atoms with E-state index >= 15 is 0 Å². The second-order valence-corrected chi connectivity index (χ2v) is 7.44. The number of ether oxygens (including phenoxy) is 1. The van der Waals surface area contributed by atoms with Crippen molar-refractivity contribution in [2.24, 2.45) is 7.05 Å². The Balaban J connectivity index is 1.92. The minimum absolute atomic E-state index is 0.122. The third-order valence-corrected chi connectivity index (χ3v) is 5.42. The third-order valence-electron chi connectivity index (χ3n) is 4.68. The van der Waals surface area contributed by atoms with Crippen molar-refractivity contribution >= 4 is 28.6 Å². The maximum Gasteiger partial charge on any atom is 0.257 e. The number of thioether (sulfide) groups is 1. The molecule has 3 aromatic rings. The standard InChI is InChI=1S/C22H24N2O3S/c1-5-27-16-8-11-20-18(12-16)21(25)19(13-24(20)3)22(26)23-14(2)15-6-9-17(28-4)10-7-15/h6-14H,5H2,1-4H3,(H,23,26)/t14-/m1/s1. The van der Waals surface area contributed by atoms with Crippen LogP contribution in [0.15, 0.2) is 58.4 Å². The smallest absolute Gasteiger partial charge is 0.257 e. The summed E-state index contributed by atoms with van der Waals surface area (Å²) in [5, 5.41) is 3.40. The summed E-state index contributed by atoms with van der Waals surface area (Å²) in [7, 11) is 1.82. The molecule has 3 rings (SSSR count). The normalized spacial score (nSPS) is 12.0. The van der Waals surface area contributed by atoms with Gasteiger partial charge in [0.2, 0.25) is 5.43 Å². The van der Waals surface area contributed by atoms with Gasteiger partial charge in [0, 0.05) is 18.1 Å². The number of amides is 1. The van der Waals surface area contributed by atoms with E-state index in [4.69, 9.17) is 4.74 Å². The van der Waals surface area contributed by atoms with E-state index in [0.29, 0.717) is 17.7 Å². The van der Waals surface area contributed by atoms with Crippen LogP contribution in [0.1, 0.15) is 35.8 Å². The Labute approximate surface area is 168 Å². The van der Waals surface area contributed by atoms with E-state index in [1.807, 2.05) is 63.5 Å². The van der Waals surface area contributed by atoms with Crippen molar-refractivity contribution in [1.29, 1.82) is 0 Å². The Morgan fingerprint density at radius 2 is 1.93 bits per heavy atom. The van der Waals surface area contributed by atoms with Gasteiger partial charge in [-0.25, -0.2) is 0 Å². The van der Waals surface area contributed by atoms with Crippen molar-refractivity contribution < 1.29 is 9.53 Å². The first kappa shape index (κ1) is 20.0. The Kier molecular flexibility index (Phi) is 6.09. The van der Waals surface area contributed by atoms with E-state index in [1.165, 1.54) is 0 Å². The maximum absolute atomic E-state index is 12.9. The number of hydrogen-bond acceptors (Lipinski definition) is 4. The van der Waals surface area contributed by atoms with Gasteiger partial charge >= 0.3 is 0 Å². The summed E-state index contributed by atoms with van der Waals surface area (Å²) in [6.45, 7) is 4.31. The van der Waals surface area contributed by atoms with Gasteiger partial charge < -0.3 is 14.6 Å². The van der Waals surface area contributed by atoms with E-state index in [9.17, 15) is 9.59 Å². The molecule has 1 heterocycles. The molecular formula is C22H24N2O3S. The number of hydrogen-bond donors (Lipinski definition) is 1. The Morgan fingerprint density at radius 3 is 2.57 bits per heavy atom. The molecule has 6 heteroatoms. The van der Waals surface area contributed by atoms with Crippen LogP contribution >= 0.6 is 11.8 Å². The van der Waals surface area contributed by atoms with E-state index in [2.05, 4.69) is 5.32 Å². The fraction of sp³-hybridized carbons (Fsp3) is 0.273. The molecule has 0 aliphatic carbocycles. The van der Waals surface area contributed by atoms with Crippen molar-refractivity contribution in [2.75, 3.05) is 12.9 Å². The topological polar surface area (TPSA) is 60.3 Å². The van der Waals surface area contributed by atoms with Gasteiger partial charge in [-0.3, -0.25) is 9.59 Å². The van der Waals surface area contributed by atoms with Gasteiger partial charge in [-0.1, -0.05) is 12.1 Å². The first-order valence-electron chi connectivity index (χ1n) is 9.15. The van der Waals surface area contributed by atoms with Crippen LogP contribution in [0.5, 0.6) is 5.75 Å². The minimum atomic E-state index is -0.384. The molecule has 1 N–H and O–H groups in total. The summed E-state index contributed by atoms with van der Waals surface area (Å²) in [6.07, 6.45) is 3.61. The summed E-state index contributed by atoms with van der Waals surface area (Å²) in [6, 6.07) is 13.2. The summed E-state index contributed by atoms with van der Waals surface area (Å²) in [5.74, 6) is 0.234. The molecule has 5 nitrogen and oxygen atoms in total. The lowest BCUT2D eigenvalue weighted by atomic mass is 10.1. The molecule has 0 unspecified atom stereocenters. The monoisotopic (exact) mass is 396 g/mol. The summed E-state index contributed by atoms with van der Waals surface area (Å²) >= 11 is 1.67. The van der Waals surface area contributed by atoms with E-state index in [0.717, 1.165) is 16.0 Å². The average molecular weight is 397 g/mol. The van der Waals surface area contributed by atoms with Crippen LogP contribution in [0.3, 0.4) is 0 Å². The number of aryl methyl sites for hydroxylation is 1. The number of pyridine rings is 1. The predicted octanol–water partition coefficient (Wildman–Crippen LogP) is 4.15. The highest BCUT2D eigenvalue weighted by molar-refractivity contribution is 7.98. The Morgan fingerprint density at radius 1 is 1.21 bits per heavy atom. The first-order valence-corrected chi connectivity index (χ1v) is 10.4. The van der Waals surface area contributed by atoms with Gasteiger partial charge in [0.15, 0.2) is 0 Å². The molecule has 1 atom stereocenters. The van der Waals surface area contributed by atoms with Crippen LogP contribution in [0, 0.1) is 0 Å². The number of nitrogens with zero attached hydrogens (tertiary/aromatic N) is 1. The van der Waals surface area contributed by atoms with E-state index in [-0.39, 0.29) is 22.9 Å². The molecule has 28 heavy (non-hydrogen) atoms. The summed E-state index contributed by atoms with van der Waals surface area (Å²) in [5.41, 5.74) is 1.57. The Hall–Kier alpha value is -2.73. The second-order valence-electron chi connectivity index (χ2n) is 6.56. The zero-order valence-corrected chi connectivity index (χ0v) is 17.3. The van der Waals surface area contributed by atoms with Crippen molar-refractivity contribution in [3.63, 3.8) is 0 Å². The number of aromatic nitrogens is 1. The largest absolute Gasteiger partial charge is 0.494 e. The molecule has 0 aliphatic rings. The predicted molar refractivity (Wildman–Crippen MR) is 114 cm³/mol. The maximum atomic E-state index is 12.9. The lowest BCUT2D eigenvalue weighted by molar-refractivity contribution is 0.0938. The zero-order chi connectivity index (χ0) is 20.3.